The van der Waals surface area contributed by atoms with Crippen molar-refractivity contribution >= 4 is 11.4 Å². The highest BCUT2D eigenvalue weighted by atomic mass is 16.6. The van der Waals surface area contributed by atoms with Gasteiger partial charge in [0.25, 0.3) is 0 Å². The number of rotatable bonds is 1. The van der Waals surface area contributed by atoms with Gasteiger partial charge in [0, 0.05) is 5.56 Å². The van der Waals surface area contributed by atoms with Crippen LogP contribution in [0.4, 0.5) is 0 Å². The van der Waals surface area contributed by atoms with Gasteiger partial charge in [-0.3, -0.25) is 0 Å². The molecule has 1 aliphatic heterocycles. The molecule has 1 aliphatic rings. The quantitative estimate of drug-likeness (QED) is 0.517. The van der Waals surface area contributed by atoms with Gasteiger partial charge in [0.05, 0.1) is 0 Å². The van der Waals surface area contributed by atoms with Crippen molar-refractivity contribution in [2.24, 2.45) is 10.3 Å². The molecule has 4 heteroatoms. The Bertz CT molecular complexity index is 357. The van der Waals surface area contributed by atoms with Gasteiger partial charge in [-0.25, -0.2) is 0 Å². The first-order valence-electron chi connectivity index (χ1n) is 3.88. The lowest BCUT2D eigenvalue weighted by atomic mass is 10.1. The highest BCUT2D eigenvalue weighted by Crippen LogP contribution is 2.08. The Morgan fingerprint density at radius 2 is 2.08 bits per heavy atom. The van der Waals surface area contributed by atoms with Crippen LogP contribution in [-0.4, -0.2) is 23.2 Å². The van der Waals surface area contributed by atoms with Crippen LogP contribution in [0.15, 0.2) is 40.6 Å². The van der Waals surface area contributed by atoms with Crippen LogP contribution >= 0.6 is 0 Å². The van der Waals surface area contributed by atoms with Crippen molar-refractivity contribution in [2.75, 3.05) is 6.61 Å². The molecule has 2 rings (SSSR count). The van der Waals surface area contributed by atoms with Crippen molar-refractivity contribution in [2.45, 2.75) is 0 Å². The number of benzene rings is 1. The topological polar surface area (TPSA) is 54.2 Å². The summed E-state index contributed by atoms with van der Waals surface area (Å²) in [4.78, 5) is 4.81. The van der Waals surface area contributed by atoms with Gasteiger partial charge >= 0.3 is 0 Å². The molecule has 0 amide bonds. The molecule has 0 aliphatic carbocycles. The molecule has 0 aromatic heterocycles. The second-order valence-corrected chi connectivity index (χ2v) is 2.63. The Labute approximate surface area is 75.1 Å². The fourth-order valence-corrected chi connectivity index (χ4v) is 1.17. The maximum absolute atomic E-state index is 8.62. The molecular formula is C9H8N2O2. The van der Waals surface area contributed by atoms with Crippen molar-refractivity contribution in [1.82, 2.24) is 0 Å². The van der Waals surface area contributed by atoms with Crippen LogP contribution in [-0.2, 0) is 4.84 Å². The predicted molar refractivity (Wildman–Crippen MR) is 48.2 cm³/mol. The molecule has 1 N–H and O–H groups in total. The molecule has 0 spiro atoms. The first-order chi connectivity index (χ1) is 6.42. The lowest BCUT2D eigenvalue weighted by Crippen LogP contribution is -2.13. The van der Waals surface area contributed by atoms with E-state index in [1.54, 1.807) is 0 Å². The largest absolute Gasteiger partial charge is 0.410 e. The summed E-state index contributed by atoms with van der Waals surface area (Å²) in [5.74, 6) is 0. The van der Waals surface area contributed by atoms with Crippen molar-refractivity contribution in [3.05, 3.63) is 35.9 Å². The standard InChI is InChI=1S/C9H8N2O2/c12-10-8-6-13-11-9(8)7-4-2-1-3-5-7/h1-5,12H,6H2/b10-8-. The molecule has 66 valence electrons. The summed E-state index contributed by atoms with van der Waals surface area (Å²) in [6.07, 6.45) is 0. The fourth-order valence-electron chi connectivity index (χ4n) is 1.17. The smallest absolute Gasteiger partial charge is 0.164 e. The summed E-state index contributed by atoms with van der Waals surface area (Å²) in [6, 6.07) is 9.48. The molecule has 0 unspecified atom stereocenters. The fraction of sp³-hybridized carbons (Fsp3) is 0.111. The molecule has 13 heavy (non-hydrogen) atoms. The molecule has 4 nitrogen and oxygen atoms in total. The molecule has 1 aromatic carbocycles. The molecule has 0 radical (unpaired) electrons. The maximum Gasteiger partial charge on any atom is 0.164 e. The predicted octanol–water partition coefficient (Wildman–Crippen LogP) is 1.25. The number of hydrogen-bond acceptors (Lipinski definition) is 4. The van der Waals surface area contributed by atoms with E-state index < -0.39 is 0 Å². The first-order valence-corrected chi connectivity index (χ1v) is 3.88. The van der Waals surface area contributed by atoms with E-state index >= 15 is 0 Å². The second-order valence-electron chi connectivity index (χ2n) is 2.63. The molecule has 0 atom stereocenters. The van der Waals surface area contributed by atoms with Crippen molar-refractivity contribution in [3.8, 4) is 0 Å². The second kappa shape index (κ2) is 3.26. The van der Waals surface area contributed by atoms with Gasteiger partial charge in [0.1, 0.15) is 11.4 Å². The third kappa shape index (κ3) is 1.38. The number of nitrogens with zero attached hydrogens (tertiary/aromatic N) is 2. The normalized spacial score (nSPS) is 18.5. The molecular weight excluding hydrogens is 168 g/mol. The van der Waals surface area contributed by atoms with Gasteiger partial charge in [-0.05, 0) is 0 Å². The average Bonchev–Trinajstić information content (AvgIpc) is 2.67. The molecule has 1 aromatic rings. The summed E-state index contributed by atoms with van der Waals surface area (Å²) in [5, 5.41) is 15.5. The zero-order valence-corrected chi connectivity index (χ0v) is 6.84. The lowest BCUT2D eigenvalue weighted by Gasteiger charge is -1.96. The van der Waals surface area contributed by atoms with E-state index in [1.165, 1.54) is 0 Å². The summed E-state index contributed by atoms with van der Waals surface area (Å²) >= 11 is 0. The SMILES string of the molecule is O/N=C1/CON=C1c1ccccc1. The van der Waals surface area contributed by atoms with E-state index in [9.17, 15) is 0 Å². The number of oxime groups is 2. The first kappa shape index (κ1) is 7.79. The van der Waals surface area contributed by atoms with Crippen LogP contribution in [0.3, 0.4) is 0 Å². The Morgan fingerprint density at radius 1 is 1.31 bits per heavy atom. The van der Waals surface area contributed by atoms with Gasteiger partial charge < -0.3 is 10.0 Å². The van der Waals surface area contributed by atoms with E-state index in [-0.39, 0.29) is 6.61 Å². The molecule has 0 saturated carbocycles. The number of hydrogen-bond donors (Lipinski definition) is 1. The highest BCUT2D eigenvalue weighted by Gasteiger charge is 2.19. The van der Waals surface area contributed by atoms with Gasteiger partial charge in [0.15, 0.2) is 6.61 Å². The monoisotopic (exact) mass is 176 g/mol. The lowest BCUT2D eigenvalue weighted by molar-refractivity contribution is 0.194. The van der Waals surface area contributed by atoms with E-state index in [4.69, 9.17) is 10.0 Å². The Morgan fingerprint density at radius 3 is 2.77 bits per heavy atom. The van der Waals surface area contributed by atoms with E-state index in [2.05, 4.69) is 10.3 Å². The third-order valence-corrected chi connectivity index (χ3v) is 1.80. The van der Waals surface area contributed by atoms with Gasteiger partial charge in [-0.2, -0.15) is 0 Å². The highest BCUT2D eigenvalue weighted by molar-refractivity contribution is 6.49. The van der Waals surface area contributed by atoms with Crippen molar-refractivity contribution in [1.29, 1.82) is 0 Å². The van der Waals surface area contributed by atoms with Gasteiger partial charge in [-0.1, -0.05) is 40.6 Å². The van der Waals surface area contributed by atoms with Crippen LogP contribution in [0.2, 0.25) is 0 Å². The summed E-state index contributed by atoms with van der Waals surface area (Å²) in [6.45, 7) is 0.237. The van der Waals surface area contributed by atoms with E-state index in [0.717, 1.165) is 5.56 Å². The minimum absolute atomic E-state index is 0.237. The van der Waals surface area contributed by atoms with Crippen LogP contribution in [0.5, 0.6) is 0 Å². The van der Waals surface area contributed by atoms with Crippen LogP contribution in [0.1, 0.15) is 5.56 Å². The summed E-state index contributed by atoms with van der Waals surface area (Å²) in [5.41, 5.74) is 1.96. The van der Waals surface area contributed by atoms with Crippen LogP contribution in [0.25, 0.3) is 0 Å². The molecule has 0 saturated heterocycles. The average molecular weight is 176 g/mol. The summed E-state index contributed by atoms with van der Waals surface area (Å²) < 4.78 is 0. The van der Waals surface area contributed by atoms with Crippen LogP contribution in [0, 0.1) is 0 Å². The van der Waals surface area contributed by atoms with Crippen molar-refractivity contribution in [3.63, 3.8) is 0 Å². The van der Waals surface area contributed by atoms with Gasteiger partial charge in [0.2, 0.25) is 0 Å². The van der Waals surface area contributed by atoms with Crippen molar-refractivity contribution < 1.29 is 10.0 Å². The molecule has 0 fully saturated rings. The van der Waals surface area contributed by atoms with E-state index in [0.29, 0.717) is 11.4 Å². The zero-order chi connectivity index (χ0) is 9.10. The zero-order valence-electron chi connectivity index (χ0n) is 6.84. The third-order valence-electron chi connectivity index (χ3n) is 1.80. The van der Waals surface area contributed by atoms with Crippen LogP contribution < -0.4 is 0 Å². The molecule has 0 bridgehead atoms. The van der Waals surface area contributed by atoms with E-state index in [1.807, 2.05) is 30.3 Å². The maximum atomic E-state index is 8.62. The molecule has 1 heterocycles. The Hall–Kier alpha value is -1.84. The van der Waals surface area contributed by atoms with Gasteiger partial charge in [-0.15, -0.1) is 0 Å². The Kier molecular flexibility index (Phi) is 1.96. The summed E-state index contributed by atoms with van der Waals surface area (Å²) in [7, 11) is 0. The Balaban J connectivity index is 2.37. The minimum Gasteiger partial charge on any atom is -0.410 e. The minimum atomic E-state index is 0.237.